The first kappa shape index (κ1) is 596. The maximum atomic E-state index is 10.3. The summed E-state index contributed by atoms with van der Waals surface area (Å²) in [5.41, 5.74) is 0. The lowest BCUT2D eigenvalue weighted by Gasteiger charge is -1.67. The highest BCUT2D eigenvalue weighted by Gasteiger charge is 1.39. The van der Waals surface area contributed by atoms with Gasteiger partial charge < -0.3 is 12.2 Å². The Hall–Kier alpha value is 0.880. The second-order valence-electron chi connectivity index (χ2n) is 0.318. The van der Waals surface area contributed by atoms with E-state index in [4.69, 9.17) is 0 Å². The highest BCUT2D eigenvalue weighted by Crippen LogP contribution is 1.97. The van der Waals surface area contributed by atoms with Crippen molar-refractivity contribution in [3.05, 3.63) is 0 Å². The van der Waals surface area contributed by atoms with Crippen LogP contribution in [-0.2, 0) is 12.2 Å². The molecule has 0 aromatic rings. The first-order valence-corrected chi connectivity index (χ1v) is 4.66. The molecule has 0 aliphatic carbocycles. The van der Waals surface area contributed by atoms with Crippen LogP contribution in [0.15, 0.2) is 0 Å². The summed E-state index contributed by atoms with van der Waals surface area (Å²) in [6, 6.07) is 0. The lowest BCUT2D eigenvalue weighted by molar-refractivity contribution is 0.925. The van der Waals surface area contributed by atoms with Crippen molar-refractivity contribution in [2.24, 2.45) is 0 Å². The topological polar surface area (TPSA) is 0 Å². The third kappa shape index (κ3) is 14100. The minimum absolute atomic E-state index is 0. The van der Waals surface area contributed by atoms with Crippen molar-refractivity contribution in [1.82, 2.24) is 0 Å². The maximum absolute atomic E-state index is 10.3. The van der Waals surface area contributed by atoms with E-state index >= 15 is 0 Å². The van der Waals surface area contributed by atoms with Gasteiger partial charge in [0.2, 0.25) is 0 Å². The lowest BCUT2D eigenvalue weighted by Crippen LogP contribution is -1.03. The van der Waals surface area contributed by atoms with E-state index in [0.29, 0.717) is 0 Å². The van der Waals surface area contributed by atoms with Gasteiger partial charge in [-0.3, -0.25) is 7.41 Å². The molecule has 0 amide bonds. The quantitative estimate of drug-likeness (QED) is 0.271. The van der Waals surface area contributed by atoms with Crippen molar-refractivity contribution in [3.63, 3.8) is 0 Å². The summed E-state index contributed by atoms with van der Waals surface area (Å²) >= 11 is 4.25. The molecule has 0 saturated heterocycles. The molecular formula is C20H78FP2S-. The summed E-state index contributed by atoms with van der Waals surface area (Å²) in [5.74, 6) is 0. The Morgan fingerprint density at radius 2 is 0.542 bits per heavy atom. The Balaban J connectivity index is -0.000000000423. The molecule has 0 aliphatic heterocycles. The Kier molecular flexibility index (Phi) is 37400. The molecule has 1 unspecified atom stereocenters. The Bertz CT molecular complexity index is 35.6. The molecule has 0 bridgehead atoms. The standard InChI is InChI=1S/CH4FP.CH2PS.18CH4/c1-3-2;1-2-3;;;;;;;;;;;;;;;;;;/h3H,1H3;1H2;18*1H4/q;-1;;;;;;;;;;;;;;;;;;. The molecule has 0 rings (SSSR count). The molecular weight excluding hydrogens is 353 g/mol. The highest BCUT2D eigenvalue weighted by molar-refractivity contribution is 8.23. The van der Waals surface area contributed by atoms with E-state index < -0.39 is 8.89 Å². The average molecular weight is 432 g/mol. The summed E-state index contributed by atoms with van der Waals surface area (Å²) in [4.78, 5) is 0. The molecule has 0 N–H and O–H groups in total. The molecule has 0 spiro atoms. The van der Waals surface area contributed by atoms with E-state index in [0.717, 1.165) is 7.41 Å². The van der Waals surface area contributed by atoms with E-state index in [2.05, 4.69) is 18.5 Å². The van der Waals surface area contributed by atoms with Gasteiger partial charge in [-0.2, -0.15) is 0 Å². The number of rotatable bonds is 0. The third-order valence-corrected chi connectivity index (χ3v) is 0. The largest absolute Gasteiger partial charge is 0.728 e. The molecule has 0 heterocycles. The molecule has 1 atom stereocenters. The zero-order valence-electron chi connectivity index (χ0n) is 3.44. The summed E-state index contributed by atoms with van der Waals surface area (Å²) in [6.45, 7) is 1.49. The van der Waals surface area contributed by atoms with Crippen molar-refractivity contribution in [2.45, 2.75) is 134 Å². The number of hydrogen-bond donors (Lipinski definition) is 0. The molecule has 0 aromatic heterocycles. The van der Waals surface area contributed by atoms with Crippen LogP contribution < -0.4 is 0 Å². The molecule has 0 aliphatic rings. The zero-order chi connectivity index (χ0) is 5.41. The van der Waals surface area contributed by atoms with Crippen LogP contribution in [0, 0.1) is 0 Å². The van der Waals surface area contributed by atoms with Crippen LogP contribution in [0.1, 0.15) is 134 Å². The summed E-state index contributed by atoms with van der Waals surface area (Å²) in [6.07, 6.45) is 3.27. The molecule has 0 nitrogen and oxygen atoms in total. The number of halogens is 1. The van der Waals surface area contributed by atoms with Gasteiger partial charge in [-0.15, -0.1) is 6.30 Å². The van der Waals surface area contributed by atoms with Gasteiger partial charge in [0.1, 0.15) is 0 Å². The van der Waals surface area contributed by atoms with E-state index in [1.165, 1.54) is 6.66 Å². The first-order valence-electron chi connectivity index (χ1n) is 1.19. The van der Waals surface area contributed by atoms with Crippen LogP contribution in [0.25, 0.3) is 0 Å². The van der Waals surface area contributed by atoms with Crippen molar-refractivity contribution >= 4 is 34.8 Å². The number of hydrogen-bond acceptors (Lipinski definition) is 1. The Morgan fingerprint density at radius 1 is 0.542 bits per heavy atom. The molecule has 0 fully saturated rings. The molecule has 0 saturated carbocycles. The molecule has 0 aromatic carbocycles. The van der Waals surface area contributed by atoms with Crippen LogP contribution in [-0.4, -0.2) is 13.0 Å². The van der Waals surface area contributed by atoms with Crippen LogP contribution in [0.5, 0.6) is 0 Å². The van der Waals surface area contributed by atoms with Crippen molar-refractivity contribution < 1.29 is 4.20 Å². The summed E-state index contributed by atoms with van der Waals surface area (Å²) < 4.78 is 10.3. The van der Waals surface area contributed by atoms with Gasteiger partial charge in [-0.25, -0.2) is 4.20 Å². The smallest absolute Gasteiger partial charge is 0.0639 e. The predicted molar refractivity (Wildman–Crippen MR) is 158 cm³/mol. The second kappa shape index (κ2) is 1510. The lowest BCUT2D eigenvalue weighted by atomic mass is 12.0. The SMILES string of the molecule is C.C.C.C.C.C.C.C.C.C.C.C.C.C.C.C.C.C.C=P[S-].CPF. The summed E-state index contributed by atoms with van der Waals surface area (Å²) in [7, 11) is 0.333. The van der Waals surface area contributed by atoms with Gasteiger partial charge in [-0.05, 0) is 6.66 Å². The van der Waals surface area contributed by atoms with E-state index in [1.54, 1.807) is 0 Å². The fraction of sp³-hybridized carbons (Fsp3) is 0.950. The maximum Gasteiger partial charge on any atom is 0.0639 e. The highest BCUT2D eigenvalue weighted by atomic mass is 32.7. The van der Waals surface area contributed by atoms with E-state index in [-0.39, 0.29) is 134 Å². The normalized spacial score (nSPS) is 2.12. The Morgan fingerprint density at radius 3 is 0.542 bits per heavy atom. The Labute approximate surface area is 179 Å². The molecule has 24 heavy (non-hydrogen) atoms. The minimum Gasteiger partial charge on any atom is -0.728 e. The molecule has 0 radical (unpaired) electrons. The monoisotopic (exact) mass is 432 g/mol. The van der Waals surface area contributed by atoms with E-state index in [1.807, 2.05) is 0 Å². The van der Waals surface area contributed by atoms with Crippen molar-refractivity contribution in [2.75, 3.05) is 6.66 Å². The fourth-order valence-electron chi connectivity index (χ4n) is 0. The zero-order valence-corrected chi connectivity index (χ0v) is 6.15. The van der Waals surface area contributed by atoms with Crippen LogP contribution >= 0.6 is 16.3 Å². The predicted octanol–water partition coefficient (Wildman–Crippen LogP) is 13.5. The van der Waals surface area contributed by atoms with Crippen LogP contribution in [0.3, 0.4) is 0 Å². The van der Waals surface area contributed by atoms with Gasteiger partial charge in [0.15, 0.2) is 0 Å². The molecule has 182 valence electrons. The third-order valence-electron chi connectivity index (χ3n) is 0. The van der Waals surface area contributed by atoms with Crippen LogP contribution in [0.4, 0.5) is 4.20 Å². The van der Waals surface area contributed by atoms with Gasteiger partial charge >= 0.3 is 0 Å². The van der Waals surface area contributed by atoms with Gasteiger partial charge in [0.25, 0.3) is 0 Å². The van der Waals surface area contributed by atoms with Gasteiger partial charge in [0, 0.05) is 0 Å². The second-order valence-corrected chi connectivity index (χ2v) is 1.73. The van der Waals surface area contributed by atoms with Crippen molar-refractivity contribution in [1.29, 1.82) is 0 Å². The van der Waals surface area contributed by atoms with Crippen molar-refractivity contribution in [3.8, 4) is 0 Å². The molecule has 4 heteroatoms. The fourth-order valence-corrected chi connectivity index (χ4v) is 0. The van der Waals surface area contributed by atoms with Crippen LogP contribution in [0.2, 0.25) is 0 Å². The summed E-state index contributed by atoms with van der Waals surface area (Å²) in [5, 5.41) is 0. The average Bonchev–Trinajstić information content (AvgIpc) is 1.39. The van der Waals surface area contributed by atoms with Gasteiger partial charge in [-0.1, -0.05) is 134 Å². The minimum atomic E-state index is -0.417. The van der Waals surface area contributed by atoms with E-state index in [9.17, 15) is 4.20 Å². The first-order chi connectivity index (χ1) is 2.83. The van der Waals surface area contributed by atoms with Gasteiger partial charge in [0.05, 0.1) is 8.89 Å².